The van der Waals surface area contributed by atoms with Gasteiger partial charge in [-0.15, -0.1) is 0 Å². The molecule has 0 bridgehead atoms. The number of esters is 1. The van der Waals surface area contributed by atoms with Crippen LogP contribution in [0.5, 0.6) is 11.5 Å². The normalized spacial score (nSPS) is 14.7. The molecule has 0 saturated heterocycles. The average molecular weight is 622 g/mol. The molecule has 0 aliphatic heterocycles. The first-order valence-corrected chi connectivity index (χ1v) is 15.9. The molecule has 0 aliphatic rings. The van der Waals surface area contributed by atoms with E-state index < -0.39 is 29.4 Å². The maximum absolute atomic E-state index is 13.3. The predicted molar refractivity (Wildman–Crippen MR) is 173 cm³/mol. The van der Waals surface area contributed by atoms with Crippen LogP contribution >= 0.6 is 0 Å². The van der Waals surface area contributed by atoms with Crippen molar-refractivity contribution in [1.82, 2.24) is 5.32 Å². The van der Waals surface area contributed by atoms with E-state index in [1.807, 2.05) is 32.0 Å². The molecule has 4 atom stereocenters. The smallest absolute Gasteiger partial charge is 0.308 e. The number of ether oxygens (including phenoxy) is 4. The molecule has 2 amide bonds. The fourth-order valence-corrected chi connectivity index (χ4v) is 4.80. The van der Waals surface area contributed by atoms with Gasteiger partial charge in [0, 0.05) is 38.6 Å². The summed E-state index contributed by atoms with van der Waals surface area (Å²) >= 11 is 0. The van der Waals surface area contributed by atoms with Gasteiger partial charge < -0.3 is 35.7 Å². The van der Waals surface area contributed by atoms with E-state index in [-0.39, 0.29) is 48.5 Å². The Morgan fingerprint density at radius 3 is 2.11 bits per heavy atom. The molecule has 252 valence electrons. The topological polar surface area (TPSA) is 152 Å². The van der Waals surface area contributed by atoms with Gasteiger partial charge in [-0.1, -0.05) is 47.6 Å². The molecule has 0 radical (unpaired) electrons. The number of hydrogen-bond donors (Lipinski definition) is 3. The van der Waals surface area contributed by atoms with E-state index in [0.29, 0.717) is 31.1 Å². The minimum Gasteiger partial charge on any atom is -0.493 e. The molecule has 0 aromatic heterocycles. The number of hydrogen-bond acceptors (Lipinski definition) is 8. The maximum Gasteiger partial charge on any atom is 0.308 e. The summed E-state index contributed by atoms with van der Waals surface area (Å²) in [6.45, 7) is 16.4. The number of nitrogens with two attached hydrogens (primary N) is 2. The van der Waals surface area contributed by atoms with Crippen molar-refractivity contribution in [2.75, 3.05) is 34.0 Å². The molecule has 0 fully saturated rings. The molecule has 0 aliphatic carbocycles. The molecular weight excluding hydrogens is 562 g/mol. The highest BCUT2D eigenvalue weighted by atomic mass is 16.5. The SMILES string of the molecule is COCCCOc1cc(C[C@@H](C[C@H](N)[C@H](C[C@H](C(=O)NCC(C)(C)C(N)=O)C(C)C)OC(=O)C(C)C)C(C)C)ccc1OC. The van der Waals surface area contributed by atoms with E-state index >= 15 is 0 Å². The van der Waals surface area contributed by atoms with Crippen molar-refractivity contribution < 1.29 is 33.3 Å². The number of primary amides is 1. The first-order valence-electron chi connectivity index (χ1n) is 15.9. The summed E-state index contributed by atoms with van der Waals surface area (Å²) in [6.07, 6.45) is 1.70. The first-order chi connectivity index (χ1) is 20.5. The lowest BCUT2D eigenvalue weighted by atomic mass is 9.80. The molecule has 10 nitrogen and oxygen atoms in total. The van der Waals surface area contributed by atoms with Gasteiger partial charge in [0.05, 0.1) is 25.0 Å². The zero-order valence-corrected chi connectivity index (χ0v) is 28.7. The second-order valence-corrected chi connectivity index (χ2v) is 13.5. The van der Waals surface area contributed by atoms with Gasteiger partial charge >= 0.3 is 5.97 Å². The lowest BCUT2D eigenvalue weighted by Crippen LogP contribution is -2.47. The minimum absolute atomic E-state index is 0.0540. The quantitative estimate of drug-likeness (QED) is 0.134. The van der Waals surface area contributed by atoms with Crippen LogP contribution in [0.2, 0.25) is 0 Å². The third-order valence-corrected chi connectivity index (χ3v) is 8.21. The van der Waals surface area contributed by atoms with Crippen LogP contribution in [0.25, 0.3) is 0 Å². The summed E-state index contributed by atoms with van der Waals surface area (Å²) in [5.74, 6) is -0.130. The predicted octanol–water partition coefficient (Wildman–Crippen LogP) is 4.50. The molecule has 44 heavy (non-hydrogen) atoms. The van der Waals surface area contributed by atoms with Gasteiger partial charge in [-0.3, -0.25) is 14.4 Å². The molecule has 10 heteroatoms. The van der Waals surface area contributed by atoms with Crippen LogP contribution in [0.1, 0.15) is 80.2 Å². The number of benzene rings is 1. The van der Waals surface area contributed by atoms with Crippen molar-refractivity contribution >= 4 is 17.8 Å². The molecule has 0 spiro atoms. The number of carbonyl (C=O) groups excluding carboxylic acids is 3. The molecular formula is C34H59N3O7. The average Bonchev–Trinajstić information content (AvgIpc) is 2.95. The highest BCUT2D eigenvalue weighted by Crippen LogP contribution is 2.32. The van der Waals surface area contributed by atoms with Crippen molar-refractivity contribution in [3.8, 4) is 11.5 Å². The molecule has 0 saturated carbocycles. The fraction of sp³-hybridized carbons (Fsp3) is 0.735. The van der Waals surface area contributed by atoms with Crippen molar-refractivity contribution in [2.24, 2.45) is 46.5 Å². The molecule has 1 rings (SSSR count). The van der Waals surface area contributed by atoms with E-state index in [0.717, 1.165) is 18.4 Å². The molecule has 1 aromatic carbocycles. The van der Waals surface area contributed by atoms with Crippen molar-refractivity contribution in [3.63, 3.8) is 0 Å². The summed E-state index contributed by atoms with van der Waals surface area (Å²) in [5, 5.41) is 2.88. The number of rotatable bonds is 21. The van der Waals surface area contributed by atoms with Crippen LogP contribution in [0.3, 0.4) is 0 Å². The Bertz CT molecular complexity index is 1040. The lowest BCUT2D eigenvalue weighted by Gasteiger charge is -2.33. The number of carbonyl (C=O) groups is 3. The molecule has 0 unspecified atom stereocenters. The van der Waals surface area contributed by atoms with Crippen LogP contribution in [0, 0.1) is 35.0 Å². The van der Waals surface area contributed by atoms with Gasteiger partial charge in [0.1, 0.15) is 6.10 Å². The Kier molecular flexibility index (Phi) is 16.8. The van der Waals surface area contributed by atoms with Crippen LogP contribution < -0.4 is 26.3 Å². The van der Waals surface area contributed by atoms with Crippen LogP contribution in [0.4, 0.5) is 0 Å². The summed E-state index contributed by atoms with van der Waals surface area (Å²) in [6, 6.07) is 5.46. The summed E-state index contributed by atoms with van der Waals surface area (Å²) in [7, 11) is 3.28. The number of amides is 2. The summed E-state index contributed by atoms with van der Waals surface area (Å²) in [4.78, 5) is 37.9. The highest BCUT2D eigenvalue weighted by molar-refractivity contribution is 5.83. The Balaban J connectivity index is 3.18. The summed E-state index contributed by atoms with van der Waals surface area (Å²) in [5.41, 5.74) is 12.5. The van der Waals surface area contributed by atoms with Gasteiger partial charge in [-0.25, -0.2) is 0 Å². The maximum atomic E-state index is 13.3. The summed E-state index contributed by atoms with van der Waals surface area (Å²) < 4.78 is 22.6. The lowest BCUT2D eigenvalue weighted by molar-refractivity contribution is -0.156. The zero-order valence-electron chi connectivity index (χ0n) is 28.7. The van der Waals surface area contributed by atoms with E-state index in [4.69, 9.17) is 30.4 Å². The highest BCUT2D eigenvalue weighted by Gasteiger charge is 2.35. The van der Waals surface area contributed by atoms with E-state index in [1.165, 1.54) is 0 Å². The van der Waals surface area contributed by atoms with E-state index in [9.17, 15) is 14.4 Å². The number of methoxy groups -OCH3 is 2. The fourth-order valence-electron chi connectivity index (χ4n) is 4.80. The third-order valence-electron chi connectivity index (χ3n) is 8.21. The molecule has 5 N–H and O–H groups in total. The Labute approximate surface area is 265 Å². The minimum atomic E-state index is -0.891. The van der Waals surface area contributed by atoms with Crippen molar-refractivity contribution in [3.05, 3.63) is 23.8 Å². The monoisotopic (exact) mass is 621 g/mol. The van der Waals surface area contributed by atoms with Gasteiger partial charge in [0.15, 0.2) is 11.5 Å². The Hall–Kier alpha value is -2.85. The Morgan fingerprint density at radius 2 is 1.59 bits per heavy atom. The molecule has 0 heterocycles. The van der Waals surface area contributed by atoms with E-state index in [1.54, 1.807) is 41.9 Å². The van der Waals surface area contributed by atoms with Crippen molar-refractivity contribution in [1.29, 1.82) is 0 Å². The van der Waals surface area contributed by atoms with Crippen LogP contribution in [0.15, 0.2) is 18.2 Å². The van der Waals surface area contributed by atoms with Crippen molar-refractivity contribution in [2.45, 2.75) is 93.2 Å². The van der Waals surface area contributed by atoms with Gasteiger partial charge in [0.25, 0.3) is 0 Å². The number of nitrogens with one attached hydrogen (secondary N) is 1. The zero-order chi connectivity index (χ0) is 33.6. The second-order valence-electron chi connectivity index (χ2n) is 13.5. The van der Waals surface area contributed by atoms with Gasteiger partial charge in [0.2, 0.25) is 11.8 Å². The third kappa shape index (κ3) is 13.0. The first kappa shape index (κ1) is 39.2. The molecule has 1 aromatic rings. The van der Waals surface area contributed by atoms with Crippen LogP contribution in [-0.4, -0.2) is 63.9 Å². The Morgan fingerprint density at radius 1 is 0.932 bits per heavy atom. The van der Waals surface area contributed by atoms with Crippen LogP contribution in [-0.2, 0) is 30.3 Å². The van der Waals surface area contributed by atoms with Gasteiger partial charge in [-0.05, 0) is 68.6 Å². The van der Waals surface area contributed by atoms with Gasteiger partial charge in [-0.2, -0.15) is 0 Å². The largest absolute Gasteiger partial charge is 0.493 e. The second kappa shape index (κ2) is 18.8. The van der Waals surface area contributed by atoms with E-state index in [2.05, 4.69) is 19.2 Å². The standard InChI is InChI=1S/C34H59N3O7/c1-21(2)25(16-24-12-13-28(42-10)30(17-24)43-15-11-14-41-9)18-27(35)29(44-32(39)23(5)6)19-26(22(3)4)31(38)37-20-34(7,8)33(36)40/h12-13,17,21-23,25-27,29H,11,14-16,18-20,35H2,1-10H3,(H2,36,40)(H,37,38)/t25-,26-,27-,29-/m0/s1.